The van der Waals surface area contributed by atoms with Crippen molar-refractivity contribution in [1.82, 2.24) is 0 Å². The minimum Gasteiger partial charge on any atom is -0.399 e. The van der Waals surface area contributed by atoms with Gasteiger partial charge in [0.05, 0.1) is 0 Å². The van der Waals surface area contributed by atoms with Crippen LogP contribution in [-0.2, 0) is 14.5 Å². The summed E-state index contributed by atoms with van der Waals surface area (Å²) >= 11 is 0. The average Bonchev–Trinajstić information content (AvgIpc) is 2.24. The molecule has 1 atom stereocenters. The van der Waals surface area contributed by atoms with Crippen molar-refractivity contribution in [1.29, 1.82) is 0 Å². The minimum atomic E-state index is -2.13. The Bertz CT molecular complexity index is 372. The van der Waals surface area contributed by atoms with Crippen molar-refractivity contribution in [2.24, 2.45) is 45.9 Å². The van der Waals surface area contributed by atoms with Gasteiger partial charge in [-0.05, 0) is 6.08 Å². The highest BCUT2D eigenvalue weighted by molar-refractivity contribution is 5.97. The van der Waals surface area contributed by atoms with E-state index in [4.69, 9.17) is 45.9 Å². The molecule has 0 saturated heterocycles. The third kappa shape index (κ3) is 1.76. The second-order valence-electron chi connectivity index (χ2n) is 4.23. The van der Waals surface area contributed by atoms with E-state index >= 15 is 0 Å². The first-order valence-corrected chi connectivity index (χ1v) is 5.04. The summed E-state index contributed by atoms with van der Waals surface area (Å²) < 4.78 is 4.04. The Kier molecular flexibility index (Phi) is 3.58. The third-order valence-electron chi connectivity index (χ3n) is 3.07. The molecule has 1 aliphatic rings. The maximum Gasteiger partial charge on any atom is 0.307 e. The van der Waals surface area contributed by atoms with Crippen molar-refractivity contribution < 1.29 is 14.5 Å². The lowest BCUT2D eigenvalue weighted by Gasteiger charge is -2.57. The van der Waals surface area contributed by atoms with Gasteiger partial charge in [0.2, 0.25) is 5.72 Å². The number of nitrogens with two attached hydrogens (primary N) is 8. The van der Waals surface area contributed by atoms with Crippen molar-refractivity contribution in [3.63, 3.8) is 0 Å². The van der Waals surface area contributed by atoms with Gasteiger partial charge in [-0.15, -0.1) is 0 Å². The van der Waals surface area contributed by atoms with Crippen LogP contribution in [0.3, 0.4) is 0 Å². The van der Waals surface area contributed by atoms with Crippen molar-refractivity contribution in [3.05, 3.63) is 11.8 Å². The zero-order valence-corrected chi connectivity index (χ0v) is 10.4. The number of hydrogen-bond donors (Lipinski definition) is 8. The van der Waals surface area contributed by atoms with E-state index in [1.807, 2.05) is 0 Å². The summed E-state index contributed by atoms with van der Waals surface area (Å²) in [6.07, 6.45) is 1.04. The molecule has 0 bridgehead atoms. The first kappa shape index (κ1) is 15.4. The molecule has 3 radical (unpaired) electrons. The van der Waals surface area contributed by atoms with Gasteiger partial charge in [-0.25, -0.2) is 0 Å². The average molecular weight is 277 g/mol. The lowest BCUT2D eigenvalue weighted by atomic mass is 9.71. The van der Waals surface area contributed by atoms with Crippen molar-refractivity contribution in [2.75, 3.05) is 0 Å². The van der Waals surface area contributed by atoms with Gasteiger partial charge in [-0.3, -0.25) is 10.3 Å². The summed E-state index contributed by atoms with van der Waals surface area (Å²) in [6.45, 7) is 0. The van der Waals surface area contributed by atoms with Crippen LogP contribution in [0, 0.1) is 0 Å². The Balaban J connectivity index is 3.35. The number of hydrogen-bond acceptors (Lipinski definition) is 11. The molecule has 11 nitrogen and oxygen atoms in total. The first-order valence-electron chi connectivity index (χ1n) is 4.63. The molecule has 16 N–H and O–H groups in total. The molecule has 1 rings (SSSR count). The van der Waals surface area contributed by atoms with Crippen LogP contribution in [0.5, 0.6) is 0 Å². The Hall–Kier alpha value is -0.643. The molecule has 0 fully saturated rings. The van der Waals surface area contributed by atoms with Crippen LogP contribution in [0.1, 0.15) is 0 Å². The van der Waals surface area contributed by atoms with Crippen molar-refractivity contribution in [3.8, 4) is 0 Å². The van der Waals surface area contributed by atoms with E-state index in [1.165, 1.54) is 0 Å². The van der Waals surface area contributed by atoms with Gasteiger partial charge >= 0.3 is 10.5 Å². The summed E-state index contributed by atoms with van der Waals surface area (Å²) in [5.41, 5.74) is 37.5. The zero-order valence-electron chi connectivity index (χ0n) is 9.42. The zero-order chi connectivity index (χ0) is 14.4. The fraction of sp³-hybridized carbons (Fsp3) is 0.667. The molecule has 18 heavy (non-hydrogen) atoms. The van der Waals surface area contributed by atoms with Gasteiger partial charge in [0, 0.05) is 5.70 Å². The summed E-state index contributed by atoms with van der Waals surface area (Å²) in [5, 5.41) is 4.16. The Morgan fingerprint density at radius 3 is 1.89 bits per heavy atom. The van der Waals surface area contributed by atoms with Gasteiger partial charge in [-0.1, -0.05) is 5.04 Å². The molecular weight excluding hydrogens is 260 g/mol. The SMILES string of the molecule is NC1=CC(N)(OOO[Si])C(N)(N)C(N)(N)C1(N)N. The van der Waals surface area contributed by atoms with Crippen LogP contribution >= 0.6 is 0 Å². The third-order valence-corrected chi connectivity index (χ3v) is 3.14. The lowest BCUT2D eigenvalue weighted by molar-refractivity contribution is -0.506. The molecule has 0 aromatic heterocycles. The molecule has 1 unspecified atom stereocenters. The van der Waals surface area contributed by atoms with Gasteiger partial charge in [0.15, 0.2) is 0 Å². The van der Waals surface area contributed by atoms with E-state index in [-0.39, 0.29) is 5.70 Å². The van der Waals surface area contributed by atoms with Crippen molar-refractivity contribution >= 4 is 10.5 Å². The highest BCUT2D eigenvalue weighted by Gasteiger charge is 2.66. The molecule has 12 heteroatoms. The maximum absolute atomic E-state index is 5.78. The summed E-state index contributed by atoms with van der Waals surface area (Å²) in [4.78, 5) is 4.66. The lowest BCUT2D eigenvalue weighted by Crippen LogP contribution is -2.97. The Morgan fingerprint density at radius 1 is 0.944 bits per heavy atom. The van der Waals surface area contributed by atoms with Crippen LogP contribution < -0.4 is 45.9 Å². The summed E-state index contributed by atoms with van der Waals surface area (Å²) in [7, 11) is 2.50. The smallest absolute Gasteiger partial charge is 0.307 e. The molecule has 0 aromatic rings. The molecule has 0 aromatic carbocycles. The summed E-state index contributed by atoms with van der Waals surface area (Å²) in [5.74, 6) is 0. The quantitative estimate of drug-likeness (QED) is 0.105. The van der Waals surface area contributed by atoms with Gasteiger partial charge < -0.3 is 40.1 Å². The maximum atomic E-state index is 5.78. The van der Waals surface area contributed by atoms with E-state index < -0.39 is 22.7 Å². The highest BCUT2D eigenvalue weighted by Crippen LogP contribution is 2.34. The van der Waals surface area contributed by atoms with E-state index in [2.05, 4.69) is 25.0 Å². The van der Waals surface area contributed by atoms with Crippen LogP contribution in [-0.4, -0.2) is 33.2 Å². The van der Waals surface area contributed by atoms with Gasteiger partial charge in [0.1, 0.15) is 17.0 Å². The summed E-state index contributed by atoms with van der Waals surface area (Å²) in [6, 6.07) is 0. The predicted molar refractivity (Wildman–Crippen MR) is 61.5 cm³/mol. The standard InChI is InChI=1S/C6H17N8O3Si/c7-2-1-3(8,15-16-17-18)5(11,12)6(13,14)4(2,9)10/h1H,7-14H2. The second-order valence-corrected chi connectivity index (χ2v) is 4.40. The minimum absolute atomic E-state index is 0.181. The van der Waals surface area contributed by atoms with E-state index in [0.29, 0.717) is 0 Å². The van der Waals surface area contributed by atoms with Gasteiger partial charge in [-0.2, -0.15) is 4.89 Å². The van der Waals surface area contributed by atoms with Crippen LogP contribution in [0.15, 0.2) is 11.8 Å². The van der Waals surface area contributed by atoms with Gasteiger partial charge in [0.25, 0.3) is 0 Å². The van der Waals surface area contributed by atoms with Crippen molar-refractivity contribution in [2.45, 2.75) is 22.7 Å². The first-order chi connectivity index (χ1) is 7.94. The highest BCUT2D eigenvalue weighted by atomic mass is 28.2. The molecule has 103 valence electrons. The topological polar surface area (TPSA) is 236 Å². The van der Waals surface area contributed by atoms with Crippen LogP contribution in [0.25, 0.3) is 0 Å². The van der Waals surface area contributed by atoms with Crippen LogP contribution in [0.2, 0.25) is 0 Å². The second kappa shape index (κ2) is 4.19. The molecule has 0 saturated carbocycles. The predicted octanol–water partition coefficient (Wildman–Crippen LogP) is -5.70. The monoisotopic (exact) mass is 277 g/mol. The molecule has 0 spiro atoms. The Morgan fingerprint density at radius 2 is 1.44 bits per heavy atom. The molecule has 0 amide bonds. The van der Waals surface area contributed by atoms with Crippen LogP contribution in [0.4, 0.5) is 0 Å². The van der Waals surface area contributed by atoms with E-state index in [0.717, 1.165) is 6.08 Å². The fourth-order valence-corrected chi connectivity index (χ4v) is 1.57. The normalized spacial score (nSPS) is 33.0. The molecule has 1 aliphatic carbocycles. The van der Waals surface area contributed by atoms with E-state index in [1.54, 1.807) is 0 Å². The molecule has 0 aliphatic heterocycles. The molecular formula is C6H17N8O3Si. The largest absolute Gasteiger partial charge is 0.399 e. The van der Waals surface area contributed by atoms with E-state index in [9.17, 15) is 0 Å². The Labute approximate surface area is 106 Å². The fourth-order valence-electron chi connectivity index (χ4n) is 1.54. The molecule has 0 heterocycles. The number of rotatable bonds is 3.